The average molecular weight is 444 g/mol. The first-order chi connectivity index (χ1) is 16.1. The standard InChI is InChI=1S/C25H21FN4O3/c26-21-11-5-6-12-22(21)29-24(31)17-33-23-13-7-4-10-20(23)25(32)27-14-18-15-28-30(16-18)19-8-2-1-3-9-19/h1-13,15-16H,14,17H2,(H,27,32)(H,29,31). The molecule has 0 fully saturated rings. The van der Waals surface area contributed by atoms with Crippen LogP contribution in [-0.4, -0.2) is 28.2 Å². The van der Waals surface area contributed by atoms with E-state index in [4.69, 9.17) is 4.74 Å². The van der Waals surface area contributed by atoms with Crippen LogP contribution in [-0.2, 0) is 11.3 Å². The van der Waals surface area contributed by atoms with Crippen molar-refractivity contribution in [2.75, 3.05) is 11.9 Å². The summed E-state index contributed by atoms with van der Waals surface area (Å²) in [7, 11) is 0. The van der Waals surface area contributed by atoms with Gasteiger partial charge in [0.05, 0.1) is 23.1 Å². The van der Waals surface area contributed by atoms with E-state index < -0.39 is 11.7 Å². The summed E-state index contributed by atoms with van der Waals surface area (Å²) >= 11 is 0. The number of carbonyl (C=O) groups is 2. The van der Waals surface area contributed by atoms with E-state index in [9.17, 15) is 14.0 Å². The first kappa shape index (κ1) is 21.8. The Morgan fingerprint density at radius 3 is 2.48 bits per heavy atom. The molecule has 0 aliphatic rings. The Labute approximate surface area is 189 Å². The second kappa shape index (κ2) is 10.2. The predicted octanol–water partition coefficient (Wildman–Crippen LogP) is 3.96. The minimum Gasteiger partial charge on any atom is -0.483 e. The van der Waals surface area contributed by atoms with Gasteiger partial charge < -0.3 is 15.4 Å². The number of halogens is 1. The molecule has 4 aromatic rings. The summed E-state index contributed by atoms with van der Waals surface area (Å²) < 4.78 is 21.0. The van der Waals surface area contributed by atoms with E-state index in [-0.39, 0.29) is 36.1 Å². The quantitative estimate of drug-likeness (QED) is 0.431. The van der Waals surface area contributed by atoms with Crippen LogP contribution < -0.4 is 15.4 Å². The molecule has 1 aromatic heterocycles. The van der Waals surface area contributed by atoms with E-state index in [0.717, 1.165) is 11.3 Å². The number of rotatable bonds is 8. The maximum Gasteiger partial charge on any atom is 0.262 e. The molecule has 33 heavy (non-hydrogen) atoms. The summed E-state index contributed by atoms with van der Waals surface area (Å²) in [6, 6.07) is 22.1. The van der Waals surface area contributed by atoms with Gasteiger partial charge in [-0.3, -0.25) is 9.59 Å². The van der Waals surface area contributed by atoms with Gasteiger partial charge in [0.15, 0.2) is 6.61 Å². The number of hydrogen-bond acceptors (Lipinski definition) is 4. The molecule has 0 aliphatic carbocycles. The number of anilines is 1. The van der Waals surface area contributed by atoms with Crippen molar-refractivity contribution in [1.29, 1.82) is 0 Å². The van der Waals surface area contributed by atoms with Crippen molar-refractivity contribution < 1.29 is 18.7 Å². The van der Waals surface area contributed by atoms with Crippen LogP contribution >= 0.6 is 0 Å². The van der Waals surface area contributed by atoms with Gasteiger partial charge in [-0.2, -0.15) is 5.10 Å². The largest absolute Gasteiger partial charge is 0.483 e. The molecule has 0 unspecified atom stereocenters. The van der Waals surface area contributed by atoms with Gasteiger partial charge in [-0.25, -0.2) is 9.07 Å². The van der Waals surface area contributed by atoms with Gasteiger partial charge in [0, 0.05) is 18.3 Å². The molecule has 4 rings (SSSR count). The Morgan fingerprint density at radius 1 is 0.939 bits per heavy atom. The zero-order valence-electron chi connectivity index (χ0n) is 17.6. The van der Waals surface area contributed by atoms with Crippen LogP contribution in [0.1, 0.15) is 15.9 Å². The van der Waals surface area contributed by atoms with Crippen molar-refractivity contribution in [1.82, 2.24) is 15.1 Å². The molecule has 1 heterocycles. The molecule has 0 saturated heterocycles. The van der Waals surface area contributed by atoms with Crippen LogP contribution in [0.25, 0.3) is 5.69 Å². The van der Waals surface area contributed by atoms with E-state index in [2.05, 4.69) is 15.7 Å². The molecule has 0 spiro atoms. The summed E-state index contributed by atoms with van der Waals surface area (Å²) in [6.07, 6.45) is 3.52. The normalized spacial score (nSPS) is 10.5. The van der Waals surface area contributed by atoms with Crippen molar-refractivity contribution in [2.24, 2.45) is 0 Å². The second-order valence-electron chi connectivity index (χ2n) is 7.12. The highest BCUT2D eigenvalue weighted by molar-refractivity contribution is 5.97. The molecular formula is C25H21FN4O3. The molecule has 8 heteroatoms. The highest BCUT2D eigenvalue weighted by Gasteiger charge is 2.14. The summed E-state index contributed by atoms with van der Waals surface area (Å²) in [5.74, 6) is -1.18. The van der Waals surface area contributed by atoms with Gasteiger partial charge >= 0.3 is 0 Å². The Hall–Kier alpha value is -4.46. The second-order valence-corrected chi connectivity index (χ2v) is 7.12. The van der Waals surface area contributed by atoms with Gasteiger partial charge in [0.2, 0.25) is 0 Å². The molecule has 0 bridgehead atoms. The molecular weight excluding hydrogens is 423 g/mol. The third-order valence-corrected chi connectivity index (χ3v) is 4.75. The molecule has 2 amide bonds. The number of aromatic nitrogens is 2. The molecule has 0 atom stereocenters. The van der Waals surface area contributed by atoms with Gasteiger partial charge in [-0.15, -0.1) is 0 Å². The molecule has 0 radical (unpaired) electrons. The highest BCUT2D eigenvalue weighted by Crippen LogP contribution is 2.19. The fourth-order valence-corrected chi connectivity index (χ4v) is 3.12. The van der Waals surface area contributed by atoms with E-state index in [1.54, 1.807) is 41.2 Å². The number of nitrogens with one attached hydrogen (secondary N) is 2. The van der Waals surface area contributed by atoms with Gasteiger partial charge in [-0.1, -0.05) is 42.5 Å². The fourth-order valence-electron chi connectivity index (χ4n) is 3.12. The van der Waals surface area contributed by atoms with E-state index >= 15 is 0 Å². The summed E-state index contributed by atoms with van der Waals surface area (Å²) in [6.45, 7) is -0.101. The lowest BCUT2D eigenvalue weighted by Crippen LogP contribution is -2.25. The van der Waals surface area contributed by atoms with Gasteiger partial charge in [0.25, 0.3) is 11.8 Å². The van der Waals surface area contributed by atoms with Crippen molar-refractivity contribution in [2.45, 2.75) is 6.54 Å². The van der Waals surface area contributed by atoms with Crippen LogP contribution in [0.3, 0.4) is 0 Å². The van der Waals surface area contributed by atoms with E-state index in [1.165, 1.54) is 18.2 Å². The minimum absolute atomic E-state index is 0.0631. The Morgan fingerprint density at radius 2 is 1.67 bits per heavy atom. The highest BCUT2D eigenvalue weighted by atomic mass is 19.1. The molecule has 7 nitrogen and oxygen atoms in total. The minimum atomic E-state index is -0.541. The lowest BCUT2D eigenvalue weighted by molar-refractivity contribution is -0.118. The van der Waals surface area contributed by atoms with Crippen LogP contribution in [0, 0.1) is 5.82 Å². The van der Waals surface area contributed by atoms with Crippen molar-refractivity contribution >= 4 is 17.5 Å². The Kier molecular flexibility index (Phi) is 6.75. The molecule has 0 saturated carbocycles. The Balaban J connectivity index is 1.35. The van der Waals surface area contributed by atoms with Crippen LogP contribution in [0.2, 0.25) is 0 Å². The zero-order chi connectivity index (χ0) is 23.0. The fraction of sp³-hybridized carbons (Fsp3) is 0.0800. The number of ether oxygens (including phenoxy) is 1. The van der Waals surface area contributed by atoms with Crippen molar-refractivity contribution in [3.8, 4) is 11.4 Å². The zero-order valence-corrected chi connectivity index (χ0v) is 17.6. The number of carbonyl (C=O) groups excluding carboxylic acids is 2. The Bertz CT molecular complexity index is 1260. The molecule has 166 valence electrons. The molecule has 0 aliphatic heterocycles. The van der Waals surface area contributed by atoms with Crippen molar-refractivity contribution in [3.63, 3.8) is 0 Å². The lowest BCUT2D eigenvalue weighted by atomic mass is 10.2. The van der Waals surface area contributed by atoms with Crippen LogP contribution in [0.5, 0.6) is 5.75 Å². The smallest absolute Gasteiger partial charge is 0.262 e. The summed E-state index contributed by atoms with van der Waals surface area (Å²) in [4.78, 5) is 24.9. The number of nitrogens with zero attached hydrogens (tertiary/aromatic N) is 2. The van der Waals surface area contributed by atoms with Gasteiger partial charge in [-0.05, 0) is 36.4 Å². The SMILES string of the molecule is O=C(COc1ccccc1C(=O)NCc1cnn(-c2ccccc2)c1)Nc1ccccc1F. The van der Waals surface area contributed by atoms with Crippen molar-refractivity contribution in [3.05, 3.63) is 108 Å². The van der Waals surface area contributed by atoms with E-state index in [1.807, 2.05) is 36.5 Å². The summed E-state index contributed by atoms with van der Waals surface area (Å²) in [5.41, 5.74) is 2.09. The lowest BCUT2D eigenvalue weighted by Gasteiger charge is -2.12. The van der Waals surface area contributed by atoms with E-state index in [0.29, 0.717) is 0 Å². The number of hydrogen-bond donors (Lipinski definition) is 2. The molecule has 2 N–H and O–H groups in total. The average Bonchev–Trinajstić information content (AvgIpc) is 3.33. The third-order valence-electron chi connectivity index (χ3n) is 4.75. The number of amides is 2. The maximum atomic E-state index is 13.7. The third kappa shape index (κ3) is 5.62. The van der Waals surface area contributed by atoms with Crippen LogP contribution in [0.4, 0.5) is 10.1 Å². The van der Waals surface area contributed by atoms with Crippen LogP contribution in [0.15, 0.2) is 91.3 Å². The first-order valence-electron chi connectivity index (χ1n) is 10.2. The maximum absolute atomic E-state index is 13.7. The molecule has 3 aromatic carbocycles. The number of para-hydroxylation sites is 3. The monoisotopic (exact) mass is 444 g/mol. The number of benzene rings is 3. The van der Waals surface area contributed by atoms with Gasteiger partial charge in [0.1, 0.15) is 11.6 Å². The first-order valence-corrected chi connectivity index (χ1v) is 10.2. The topological polar surface area (TPSA) is 85.2 Å². The predicted molar refractivity (Wildman–Crippen MR) is 122 cm³/mol. The summed E-state index contributed by atoms with van der Waals surface area (Å²) in [5, 5.41) is 9.59.